The van der Waals surface area contributed by atoms with E-state index in [-0.39, 0.29) is 0 Å². The highest BCUT2D eigenvalue weighted by Crippen LogP contribution is 2.37. The summed E-state index contributed by atoms with van der Waals surface area (Å²) in [5.74, 6) is 2.32. The van der Waals surface area contributed by atoms with Crippen molar-refractivity contribution in [2.24, 2.45) is 11.7 Å². The molecule has 0 saturated heterocycles. The Balaban J connectivity index is 2.07. The molecule has 0 radical (unpaired) electrons. The van der Waals surface area contributed by atoms with Gasteiger partial charge in [0.05, 0.1) is 0 Å². The largest absolute Gasteiger partial charge is 0.348 e. The van der Waals surface area contributed by atoms with E-state index in [2.05, 4.69) is 9.97 Å². The molecule has 0 spiro atoms. The Morgan fingerprint density at radius 1 is 1.67 bits per heavy atom. The second kappa shape index (κ2) is 3.27. The number of imidazole rings is 1. The molecule has 1 aromatic rings. The lowest BCUT2D eigenvalue weighted by Crippen LogP contribution is -2.27. The lowest BCUT2D eigenvalue weighted by molar-refractivity contribution is 0.258. The summed E-state index contributed by atoms with van der Waals surface area (Å²) in [6, 6.07) is 0. The Kier molecular flexibility index (Phi) is 2.13. The highest BCUT2D eigenvalue weighted by atomic mass is 14.9. The molecule has 1 aliphatic rings. The number of nitrogens with zero attached hydrogens (tertiary/aromatic N) is 1. The topological polar surface area (TPSA) is 54.7 Å². The summed E-state index contributed by atoms with van der Waals surface area (Å²) in [5, 5.41) is 0. The Morgan fingerprint density at radius 2 is 2.50 bits per heavy atom. The van der Waals surface area contributed by atoms with Crippen LogP contribution in [0.15, 0.2) is 12.4 Å². The van der Waals surface area contributed by atoms with Crippen LogP contribution in [0.4, 0.5) is 0 Å². The van der Waals surface area contributed by atoms with Crippen LogP contribution in [0.2, 0.25) is 0 Å². The Hall–Kier alpha value is -0.830. The van der Waals surface area contributed by atoms with E-state index in [0.29, 0.717) is 5.92 Å². The fourth-order valence-electron chi connectivity index (χ4n) is 1.85. The molecular weight excluding hydrogens is 150 g/mol. The van der Waals surface area contributed by atoms with Crippen LogP contribution in [0.3, 0.4) is 0 Å². The van der Waals surface area contributed by atoms with Gasteiger partial charge in [0.25, 0.3) is 0 Å². The molecule has 1 saturated carbocycles. The zero-order chi connectivity index (χ0) is 8.39. The number of aromatic amines is 1. The maximum absolute atomic E-state index is 5.71. The number of H-pyrrole nitrogens is 1. The second-order valence-corrected chi connectivity index (χ2v) is 3.51. The minimum atomic E-state index is 0.466. The molecule has 1 atom stereocenters. The molecule has 3 N–H and O–H groups in total. The van der Waals surface area contributed by atoms with E-state index in [0.717, 1.165) is 18.3 Å². The summed E-state index contributed by atoms with van der Waals surface area (Å²) in [7, 11) is 0. The van der Waals surface area contributed by atoms with Crippen LogP contribution in [0.5, 0.6) is 0 Å². The molecular formula is C9H15N3. The van der Waals surface area contributed by atoms with Crippen LogP contribution in [-0.2, 0) is 0 Å². The molecule has 3 heteroatoms. The maximum Gasteiger partial charge on any atom is 0.110 e. The average molecular weight is 165 g/mol. The van der Waals surface area contributed by atoms with Crippen LogP contribution in [0, 0.1) is 5.92 Å². The van der Waals surface area contributed by atoms with Crippen LogP contribution < -0.4 is 5.73 Å². The molecule has 1 heterocycles. The highest BCUT2D eigenvalue weighted by molar-refractivity contribution is 5.02. The zero-order valence-corrected chi connectivity index (χ0v) is 7.16. The fraction of sp³-hybridized carbons (Fsp3) is 0.667. The van der Waals surface area contributed by atoms with Gasteiger partial charge in [-0.1, -0.05) is 6.42 Å². The lowest BCUT2D eigenvalue weighted by Gasteiger charge is -2.31. The van der Waals surface area contributed by atoms with Gasteiger partial charge in [-0.05, 0) is 18.8 Å². The van der Waals surface area contributed by atoms with E-state index in [1.807, 2.05) is 6.20 Å². The van der Waals surface area contributed by atoms with Crippen molar-refractivity contribution >= 4 is 0 Å². The molecule has 1 fully saturated rings. The third-order valence-corrected chi connectivity index (χ3v) is 2.84. The van der Waals surface area contributed by atoms with Crippen molar-refractivity contribution in [1.82, 2.24) is 9.97 Å². The molecule has 0 aromatic carbocycles. The molecule has 0 bridgehead atoms. The number of hydrogen-bond donors (Lipinski definition) is 2. The van der Waals surface area contributed by atoms with Gasteiger partial charge in [-0.3, -0.25) is 0 Å². The molecule has 66 valence electrons. The molecule has 1 aliphatic carbocycles. The van der Waals surface area contributed by atoms with Gasteiger partial charge >= 0.3 is 0 Å². The monoisotopic (exact) mass is 165 g/mol. The van der Waals surface area contributed by atoms with Crippen molar-refractivity contribution in [2.75, 3.05) is 6.54 Å². The Morgan fingerprint density at radius 3 is 2.92 bits per heavy atom. The van der Waals surface area contributed by atoms with E-state index in [4.69, 9.17) is 5.73 Å². The van der Waals surface area contributed by atoms with Crippen LogP contribution in [0.1, 0.15) is 31.0 Å². The molecule has 3 nitrogen and oxygen atoms in total. The standard InChI is InChI=1S/C9H15N3/c10-6-8(7-2-1-3-7)9-11-4-5-12-9/h4-5,7-8H,1-3,6,10H2,(H,11,12). The first-order valence-corrected chi connectivity index (χ1v) is 4.61. The van der Waals surface area contributed by atoms with Crippen molar-refractivity contribution in [3.8, 4) is 0 Å². The predicted octanol–water partition coefficient (Wildman–Crippen LogP) is 1.25. The van der Waals surface area contributed by atoms with Gasteiger partial charge in [0.2, 0.25) is 0 Å². The highest BCUT2D eigenvalue weighted by Gasteiger charge is 2.28. The van der Waals surface area contributed by atoms with E-state index >= 15 is 0 Å². The summed E-state index contributed by atoms with van der Waals surface area (Å²) in [4.78, 5) is 7.40. The smallest absolute Gasteiger partial charge is 0.110 e. The quantitative estimate of drug-likeness (QED) is 0.708. The Bertz CT molecular complexity index is 226. The van der Waals surface area contributed by atoms with Crippen LogP contribution in [0.25, 0.3) is 0 Å². The minimum absolute atomic E-state index is 0.466. The summed E-state index contributed by atoms with van der Waals surface area (Å²) >= 11 is 0. The second-order valence-electron chi connectivity index (χ2n) is 3.51. The first-order chi connectivity index (χ1) is 5.92. The van der Waals surface area contributed by atoms with Gasteiger partial charge in [0.15, 0.2) is 0 Å². The number of hydrogen-bond acceptors (Lipinski definition) is 2. The lowest BCUT2D eigenvalue weighted by atomic mass is 9.75. The Labute approximate surface area is 72.4 Å². The first-order valence-electron chi connectivity index (χ1n) is 4.61. The number of nitrogens with two attached hydrogens (primary N) is 1. The summed E-state index contributed by atoms with van der Waals surface area (Å²) in [5.41, 5.74) is 5.71. The van der Waals surface area contributed by atoms with Gasteiger partial charge in [-0.15, -0.1) is 0 Å². The van der Waals surface area contributed by atoms with Crippen molar-refractivity contribution in [3.05, 3.63) is 18.2 Å². The van der Waals surface area contributed by atoms with E-state index in [1.54, 1.807) is 6.20 Å². The molecule has 1 unspecified atom stereocenters. The van der Waals surface area contributed by atoms with Crippen molar-refractivity contribution in [2.45, 2.75) is 25.2 Å². The maximum atomic E-state index is 5.71. The first kappa shape index (κ1) is 7.80. The average Bonchev–Trinajstić information content (AvgIpc) is 2.47. The van der Waals surface area contributed by atoms with Crippen LogP contribution >= 0.6 is 0 Å². The summed E-state index contributed by atoms with van der Waals surface area (Å²) < 4.78 is 0. The van der Waals surface area contributed by atoms with Gasteiger partial charge in [-0.2, -0.15) is 0 Å². The zero-order valence-electron chi connectivity index (χ0n) is 7.16. The van der Waals surface area contributed by atoms with E-state index < -0.39 is 0 Å². The van der Waals surface area contributed by atoms with Gasteiger partial charge in [0, 0.05) is 24.9 Å². The number of rotatable bonds is 3. The van der Waals surface area contributed by atoms with Crippen molar-refractivity contribution in [1.29, 1.82) is 0 Å². The fourth-order valence-corrected chi connectivity index (χ4v) is 1.85. The summed E-state index contributed by atoms with van der Waals surface area (Å²) in [6.45, 7) is 0.720. The number of aromatic nitrogens is 2. The summed E-state index contributed by atoms with van der Waals surface area (Å²) in [6.07, 6.45) is 7.68. The third kappa shape index (κ3) is 1.25. The number of nitrogens with one attached hydrogen (secondary N) is 1. The SMILES string of the molecule is NCC(c1ncc[nH]1)C1CCC1. The van der Waals surface area contributed by atoms with Crippen molar-refractivity contribution in [3.63, 3.8) is 0 Å². The van der Waals surface area contributed by atoms with Gasteiger partial charge in [0.1, 0.15) is 5.82 Å². The van der Waals surface area contributed by atoms with E-state index in [1.165, 1.54) is 19.3 Å². The minimum Gasteiger partial charge on any atom is -0.348 e. The third-order valence-electron chi connectivity index (χ3n) is 2.84. The normalized spacial score (nSPS) is 20.4. The van der Waals surface area contributed by atoms with Crippen LogP contribution in [-0.4, -0.2) is 16.5 Å². The van der Waals surface area contributed by atoms with E-state index in [9.17, 15) is 0 Å². The van der Waals surface area contributed by atoms with Gasteiger partial charge in [-0.25, -0.2) is 4.98 Å². The predicted molar refractivity (Wildman–Crippen MR) is 47.7 cm³/mol. The van der Waals surface area contributed by atoms with Crippen molar-refractivity contribution < 1.29 is 0 Å². The molecule has 12 heavy (non-hydrogen) atoms. The van der Waals surface area contributed by atoms with Gasteiger partial charge < -0.3 is 10.7 Å². The molecule has 0 aliphatic heterocycles. The molecule has 2 rings (SSSR count). The molecule has 0 amide bonds. The molecule has 1 aromatic heterocycles.